The predicted octanol–water partition coefficient (Wildman–Crippen LogP) is -0.306. The highest BCUT2D eigenvalue weighted by atomic mass is 32.2. The molecule has 5 nitrogen and oxygen atoms in total. The standard InChI is InChI=1S/C9H20N2O3S/c1-10-5-2-3-7-15(12,13)11-9-4-6-14-8-9/h9-11H,2-8H2,1H3. The van der Waals surface area contributed by atoms with Crippen molar-refractivity contribution >= 4 is 10.0 Å². The lowest BCUT2D eigenvalue weighted by molar-refractivity contribution is 0.192. The third-order valence-electron chi connectivity index (χ3n) is 2.37. The second-order valence-corrected chi connectivity index (χ2v) is 5.68. The van der Waals surface area contributed by atoms with Crippen molar-refractivity contribution < 1.29 is 13.2 Å². The Labute approximate surface area is 91.6 Å². The summed E-state index contributed by atoms with van der Waals surface area (Å²) >= 11 is 0. The van der Waals surface area contributed by atoms with E-state index in [-0.39, 0.29) is 11.8 Å². The van der Waals surface area contributed by atoms with Gasteiger partial charge < -0.3 is 10.1 Å². The third kappa shape index (κ3) is 5.46. The van der Waals surface area contributed by atoms with Gasteiger partial charge in [0, 0.05) is 12.6 Å². The summed E-state index contributed by atoms with van der Waals surface area (Å²) in [4.78, 5) is 0. The van der Waals surface area contributed by atoms with Gasteiger partial charge in [0.25, 0.3) is 0 Å². The molecule has 0 aromatic heterocycles. The first-order valence-electron chi connectivity index (χ1n) is 5.36. The Kier molecular flexibility index (Phi) is 5.52. The fourth-order valence-electron chi connectivity index (χ4n) is 1.53. The molecule has 0 aliphatic carbocycles. The summed E-state index contributed by atoms with van der Waals surface area (Å²) in [6, 6.07) is -0.0145. The zero-order valence-corrected chi connectivity index (χ0v) is 9.98. The van der Waals surface area contributed by atoms with Crippen LogP contribution in [-0.2, 0) is 14.8 Å². The van der Waals surface area contributed by atoms with Crippen LogP contribution in [0.1, 0.15) is 19.3 Å². The summed E-state index contributed by atoms with van der Waals surface area (Å²) in [5.41, 5.74) is 0. The first-order chi connectivity index (χ1) is 7.14. The summed E-state index contributed by atoms with van der Waals surface area (Å²) in [6.45, 7) is 2.03. The fraction of sp³-hybridized carbons (Fsp3) is 1.00. The summed E-state index contributed by atoms with van der Waals surface area (Å²) in [6.07, 6.45) is 2.37. The number of hydrogen-bond acceptors (Lipinski definition) is 4. The maximum Gasteiger partial charge on any atom is 0.211 e. The number of hydrogen-bond donors (Lipinski definition) is 2. The molecular formula is C9H20N2O3S. The van der Waals surface area contributed by atoms with Crippen LogP contribution in [0.3, 0.4) is 0 Å². The molecule has 0 aromatic rings. The molecule has 0 bridgehead atoms. The highest BCUT2D eigenvalue weighted by molar-refractivity contribution is 7.89. The van der Waals surface area contributed by atoms with E-state index < -0.39 is 10.0 Å². The van der Waals surface area contributed by atoms with Crippen molar-refractivity contribution in [1.29, 1.82) is 0 Å². The van der Waals surface area contributed by atoms with Crippen LogP contribution in [0.4, 0.5) is 0 Å². The minimum atomic E-state index is -3.10. The van der Waals surface area contributed by atoms with E-state index in [0.29, 0.717) is 19.6 Å². The van der Waals surface area contributed by atoms with Crippen LogP contribution >= 0.6 is 0 Å². The maximum atomic E-state index is 11.6. The van der Waals surface area contributed by atoms with E-state index in [9.17, 15) is 8.42 Å². The molecule has 1 rings (SSSR count). The van der Waals surface area contributed by atoms with E-state index in [4.69, 9.17) is 4.74 Å². The van der Waals surface area contributed by atoms with Gasteiger partial charge in [0.1, 0.15) is 0 Å². The molecule has 1 aliphatic heterocycles. The molecular weight excluding hydrogens is 216 g/mol. The molecule has 0 aromatic carbocycles. The largest absolute Gasteiger partial charge is 0.380 e. The van der Waals surface area contributed by atoms with E-state index in [1.54, 1.807) is 0 Å². The van der Waals surface area contributed by atoms with E-state index in [2.05, 4.69) is 10.0 Å². The van der Waals surface area contributed by atoms with Crippen LogP contribution in [0.5, 0.6) is 0 Å². The lowest BCUT2D eigenvalue weighted by Gasteiger charge is -2.10. The summed E-state index contributed by atoms with van der Waals surface area (Å²) < 4.78 is 30.9. The number of rotatable bonds is 7. The molecule has 0 saturated carbocycles. The van der Waals surface area contributed by atoms with Gasteiger partial charge in [0.2, 0.25) is 10.0 Å². The van der Waals surface area contributed by atoms with Gasteiger partial charge in [-0.1, -0.05) is 0 Å². The van der Waals surface area contributed by atoms with Gasteiger partial charge >= 0.3 is 0 Å². The topological polar surface area (TPSA) is 67.4 Å². The normalized spacial score (nSPS) is 22.1. The third-order valence-corrected chi connectivity index (χ3v) is 3.88. The molecule has 1 unspecified atom stereocenters. The molecule has 2 N–H and O–H groups in total. The summed E-state index contributed by atoms with van der Waals surface area (Å²) in [5.74, 6) is 0.213. The van der Waals surface area contributed by atoms with Crippen LogP contribution < -0.4 is 10.0 Å². The Morgan fingerprint density at radius 1 is 1.40 bits per heavy atom. The van der Waals surface area contributed by atoms with Crippen molar-refractivity contribution in [1.82, 2.24) is 10.0 Å². The molecule has 90 valence electrons. The molecule has 0 spiro atoms. The SMILES string of the molecule is CNCCCCS(=O)(=O)NC1CCOC1. The zero-order chi connectivity index (χ0) is 11.1. The molecule has 1 atom stereocenters. The van der Waals surface area contributed by atoms with Gasteiger partial charge in [-0.2, -0.15) is 0 Å². The molecule has 1 saturated heterocycles. The van der Waals surface area contributed by atoms with E-state index >= 15 is 0 Å². The van der Waals surface area contributed by atoms with Gasteiger partial charge in [-0.3, -0.25) is 0 Å². The van der Waals surface area contributed by atoms with E-state index in [0.717, 1.165) is 19.4 Å². The molecule has 0 radical (unpaired) electrons. The van der Waals surface area contributed by atoms with Gasteiger partial charge in [-0.15, -0.1) is 0 Å². The van der Waals surface area contributed by atoms with Crippen molar-refractivity contribution in [2.45, 2.75) is 25.3 Å². The van der Waals surface area contributed by atoms with Crippen molar-refractivity contribution in [3.8, 4) is 0 Å². The first kappa shape index (κ1) is 12.9. The Balaban J connectivity index is 2.19. The highest BCUT2D eigenvalue weighted by Gasteiger charge is 2.21. The lowest BCUT2D eigenvalue weighted by Crippen LogP contribution is -2.36. The van der Waals surface area contributed by atoms with E-state index in [1.165, 1.54) is 0 Å². The van der Waals surface area contributed by atoms with Crippen molar-refractivity contribution in [3.05, 3.63) is 0 Å². The first-order valence-corrected chi connectivity index (χ1v) is 7.01. The number of unbranched alkanes of at least 4 members (excludes halogenated alkanes) is 1. The maximum absolute atomic E-state index is 11.6. The average Bonchev–Trinajstić information content (AvgIpc) is 2.64. The summed E-state index contributed by atoms with van der Waals surface area (Å²) in [7, 11) is -1.24. The quantitative estimate of drug-likeness (QED) is 0.595. The van der Waals surface area contributed by atoms with Gasteiger partial charge in [-0.05, 0) is 32.9 Å². The Morgan fingerprint density at radius 3 is 2.80 bits per heavy atom. The molecule has 15 heavy (non-hydrogen) atoms. The van der Waals surface area contributed by atoms with Crippen molar-refractivity contribution in [3.63, 3.8) is 0 Å². The van der Waals surface area contributed by atoms with E-state index in [1.807, 2.05) is 7.05 Å². The molecule has 1 fully saturated rings. The van der Waals surface area contributed by atoms with Crippen molar-refractivity contribution in [2.24, 2.45) is 0 Å². The minimum Gasteiger partial charge on any atom is -0.380 e. The van der Waals surface area contributed by atoms with Crippen LogP contribution in [0.2, 0.25) is 0 Å². The Hall–Kier alpha value is -0.170. The van der Waals surface area contributed by atoms with Crippen molar-refractivity contribution in [2.75, 3.05) is 32.6 Å². The Morgan fingerprint density at radius 2 is 2.20 bits per heavy atom. The smallest absolute Gasteiger partial charge is 0.211 e. The van der Waals surface area contributed by atoms with Gasteiger partial charge in [0.05, 0.1) is 12.4 Å². The number of sulfonamides is 1. The molecule has 1 heterocycles. The van der Waals surface area contributed by atoms with Crippen LogP contribution in [-0.4, -0.2) is 47.0 Å². The fourth-order valence-corrected chi connectivity index (χ4v) is 2.93. The van der Waals surface area contributed by atoms with Crippen LogP contribution in [0, 0.1) is 0 Å². The zero-order valence-electron chi connectivity index (χ0n) is 9.16. The molecule has 0 amide bonds. The van der Waals surface area contributed by atoms with Crippen LogP contribution in [0.15, 0.2) is 0 Å². The monoisotopic (exact) mass is 236 g/mol. The molecule has 1 aliphatic rings. The number of nitrogens with one attached hydrogen (secondary N) is 2. The average molecular weight is 236 g/mol. The minimum absolute atomic E-state index is 0.0145. The molecule has 6 heteroatoms. The predicted molar refractivity (Wildman–Crippen MR) is 59.3 cm³/mol. The highest BCUT2D eigenvalue weighted by Crippen LogP contribution is 2.05. The van der Waals surface area contributed by atoms with Crippen LogP contribution in [0.25, 0.3) is 0 Å². The van der Waals surface area contributed by atoms with Gasteiger partial charge in [0.15, 0.2) is 0 Å². The number of ether oxygens (including phenoxy) is 1. The second kappa shape index (κ2) is 6.42. The lowest BCUT2D eigenvalue weighted by atomic mass is 10.3. The Bertz CT molecular complexity index is 261. The second-order valence-electron chi connectivity index (χ2n) is 3.81. The van der Waals surface area contributed by atoms with Gasteiger partial charge in [-0.25, -0.2) is 13.1 Å². The summed E-state index contributed by atoms with van der Waals surface area (Å²) in [5, 5.41) is 2.99.